The van der Waals surface area contributed by atoms with Gasteiger partial charge in [0.25, 0.3) is 0 Å². The molecule has 3 nitrogen and oxygen atoms in total. The first-order valence-electron chi connectivity index (χ1n) is 5.86. The third-order valence-corrected chi connectivity index (χ3v) is 2.81. The van der Waals surface area contributed by atoms with E-state index in [9.17, 15) is 18.0 Å². The monoisotopic (exact) mass is 314 g/mol. The quantitative estimate of drug-likeness (QED) is 0.496. The van der Waals surface area contributed by atoms with Crippen LogP contribution in [0, 0.1) is 0 Å². The van der Waals surface area contributed by atoms with Gasteiger partial charge in [-0.2, -0.15) is 13.2 Å². The summed E-state index contributed by atoms with van der Waals surface area (Å²) in [6.45, 7) is 0. The highest BCUT2D eigenvalue weighted by Gasteiger charge is 2.30. The summed E-state index contributed by atoms with van der Waals surface area (Å²) in [5, 5.41) is 0.227. The topological polar surface area (TPSA) is 32.3 Å². The van der Waals surface area contributed by atoms with Crippen molar-refractivity contribution in [1.82, 2.24) is 0 Å². The number of para-hydroxylation sites is 1. The zero-order valence-corrected chi connectivity index (χ0v) is 11.3. The predicted molar refractivity (Wildman–Crippen MR) is 75.2 cm³/mol. The Labute approximate surface area is 123 Å². The molecule has 2 aromatic carbocycles. The second kappa shape index (κ2) is 6.05. The van der Waals surface area contributed by atoms with Gasteiger partial charge in [-0.25, -0.2) is 5.01 Å². The number of carbonyl (C=O) groups excluding carboxylic acids is 1. The van der Waals surface area contributed by atoms with E-state index in [1.165, 1.54) is 12.1 Å². The van der Waals surface area contributed by atoms with Crippen LogP contribution in [0.1, 0.15) is 5.56 Å². The van der Waals surface area contributed by atoms with Crippen LogP contribution in [0.3, 0.4) is 0 Å². The minimum absolute atomic E-state index is 0.306. The van der Waals surface area contributed by atoms with Gasteiger partial charge in [0.2, 0.25) is 0 Å². The normalized spacial score (nSPS) is 11.0. The van der Waals surface area contributed by atoms with Gasteiger partial charge in [-0.1, -0.05) is 18.2 Å². The summed E-state index contributed by atoms with van der Waals surface area (Å²) in [5.41, 5.74) is 2.67. The van der Waals surface area contributed by atoms with E-state index in [-0.39, 0.29) is 0 Å². The van der Waals surface area contributed by atoms with E-state index in [0.717, 1.165) is 17.1 Å². The Morgan fingerprint density at radius 3 is 2.05 bits per heavy atom. The largest absolute Gasteiger partial charge is 0.416 e. The first-order chi connectivity index (χ1) is 9.88. The molecule has 0 aliphatic carbocycles. The Bertz CT molecular complexity index is 614. The van der Waals surface area contributed by atoms with E-state index in [2.05, 4.69) is 5.43 Å². The van der Waals surface area contributed by atoms with E-state index in [0.29, 0.717) is 11.4 Å². The van der Waals surface area contributed by atoms with Crippen LogP contribution in [0.5, 0.6) is 0 Å². The molecule has 0 atom stereocenters. The molecule has 7 heteroatoms. The lowest BCUT2D eigenvalue weighted by atomic mass is 10.2. The van der Waals surface area contributed by atoms with E-state index in [1.54, 1.807) is 30.3 Å². The van der Waals surface area contributed by atoms with Crippen molar-refractivity contribution in [1.29, 1.82) is 0 Å². The van der Waals surface area contributed by atoms with Crippen molar-refractivity contribution in [3.63, 3.8) is 0 Å². The molecule has 0 fully saturated rings. The molecule has 1 N–H and O–H groups in total. The second-order valence-electron chi connectivity index (χ2n) is 4.11. The molecule has 1 amide bonds. The fourth-order valence-electron chi connectivity index (χ4n) is 1.65. The number of nitrogens with zero attached hydrogens (tertiary/aromatic N) is 1. The Kier molecular flexibility index (Phi) is 4.37. The maximum atomic E-state index is 12.5. The van der Waals surface area contributed by atoms with Gasteiger partial charge in [-0.05, 0) is 48.0 Å². The van der Waals surface area contributed by atoms with Crippen LogP contribution >= 0.6 is 11.6 Å². The Hall–Kier alpha value is -2.21. The van der Waals surface area contributed by atoms with Crippen molar-refractivity contribution in [2.45, 2.75) is 6.18 Å². The lowest BCUT2D eigenvalue weighted by Crippen LogP contribution is -2.32. The molecular weight excluding hydrogens is 305 g/mol. The summed E-state index contributed by atoms with van der Waals surface area (Å²) >= 11 is 5.48. The van der Waals surface area contributed by atoms with Gasteiger partial charge in [0.1, 0.15) is 0 Å². The van der Waals surface area contributed by atoms with Crippen LogP contribution in [0.2, 0.25) is 0 Å². The molecule has 0 saturated heterocycles. The van der Waals surface area contributed by atoms with Crippen LogP contribution in [0.25, 0.3) is 0 Å². The van der Waals surface area contributed by atoms with Crippen LogP contribution < -0.4 is 10.4 Å². The Morgan fingerprint density at radius 1 is 1.00 bits per heavy atom. The van der Waals surface area contributed by atoms with Gasteiger partial charge in [-0.15, -0.1) is 0 Å². The van der Waals surface area contributed by atoms with Gasteiger partial charge >= 0.3 is 11.5 Å². The molecule has 110 valence electrons. The molecule has 0 aliphatic heterocycles. The summed E-state index contributed by atoms with van der Waals surface area (Å²) < 4.78 is 37.4. The minimum atomic E-state index is -4.40. The van der Waals surface area contributed by atoms with E-state index >= 15 is 0 Å². The van der Waals surface area contributed by atoms with Crippen molar-refractivity contribution in [2.24, 2.45) is 0 Å². The number of hydrogen-bond donors (Lipinski definition) is 1. The summed E-state index contributed by atoms with van der Waals surface area (Å²) in [4.78, 5) is 11.4. The molecule has 0 bridgehead atoms. The van der Waals surface area contributed by atoms with Gasteiger partial charge in [0, 0.05) is 0 Å². The molecule has 0 aliphatic rings. The minimum Gasteiger partial charge on any atom is -0.290 e. The smallest absolute Gasteiger partial charge is 0.290 e. The number of carbonyl (C=O) groups is 1. The number of amides is 1. The van der Waals surface area contributed by atoms with E-state index in [1.807, 2.05) is 0 Å². The summed E-state index contributed by atoms with van der Waals surface area (Å²) in [6, 6.07) is 12.7. The van der Waals surface area contributed by atoms with Crippen molar-refractivity contribution in [3.05, 3.63) is 60.2 Å². The lowest BCUT2D eigenvalue weighted by Gasteiger charge is -2.22. The molecule has 0 spiro atoms. The first kappa shape index (κ1) is 15.2. The number of alkyl halides is 3. The predicted octanol–water partition coefficient (Wildman–Crippen LogP) is 4.90. The van der Waals surface area contributed by atoms with Crippen LogP contribution in [0.15, 0.2) is 54.6 Å². The third-order valence-electron chi connectivity index (χ3n) is 2.64. The highest BCUT2D eigenvalue weighted by atomic mass is 35.5. The average Bonchev–Trinajstić information content (AvgIpc) is 2.45. The number of hydrogen-bond acceptors (Lipinski definition) is 2. The maximum absolute atomic E-state index is 12.5. The fourth-order valence-corrected chi connectivity index (χ4v) is 1.79. The van der Waals surface area contributed by atoms with Gasteiger partial charge in [-0.3, -0.25) is 10.2 Å². The van der Waals surface area contributed by atoms with Crippen molar-refractivity contribution < 1.29 is 18.0 Å². The zero-order valence-electron chi connectivity index (χ0n) is 10.6. The molecule has 0 unspecified atom stereocenters. The van der Waals surface area contributed by atoms with Crippen LogP contribution in [-0.4, -0.2) is 5.37 Å². The Morgan fingerprint density at radius 2 is 1.57 bits per heavy atom. The van der Waals surface area contributed by atoms with E-state index < -0.39 is 17.1 Å². The summed E-state index contributed by atoms with van der Waals surface area (Å²) in [6.07, 6.45) is -4.40. The standard InChI is InChI=1S/C14H10ClF3N2O/c15-13(21)20(12-4-2-1-3-5-12)19-11-8-6-10(7-9-11)14(16,17)18/h1-9,19H. The average molecular weight is 315 g/mol. The SMILES string of the molecule is O=C(Cl)N(Nc1ccc(C(F)(F)F)cc1)c1ccccc1. The Balaban J connectivity index is 2.20. The molecule has 0 aromatic heterocycles. The summed E-state index contributed by atoms with van der Waals surface area (Å²) in [7, 11) is 0. The number of halogens is 4. The van der Waals surface area contributed by atoms with Crippen molar-refractivity contribution in [3.8, 4) is 0 Å². The fraction of sp³-hybridized carbons (Fsp3) is 0.0714. The highest BCUT2D eigenvalue weighted by Crippen LogP contribution is 2.30. The summed E-state index contributed by atoms with van der Waals surface area (Å²) in [5.74, 6) is 0. The number of rotatable bonds is 3. The second-order valence-corrected chi connectivity index (χ2v) is 4.43. The van der Waals surface area contributed by atoms with Crippen molar-refractivity contribution >= 4 is 28.3 Å². The molecule has 21 heavy (non-hydrogen) atoms. The number of benzene rings is 2. The zero-order chi connectivity index (χ0) is 15.5. The molecule has 0 radical (unpaired) electrons. The van der Waals surface area contributed by atoms with Crippen LogP contribution in [0.4, 0.5) is 29.3 Å². The molecular formula is C14H10ClF3N2O. The van der Waals surface area contributed by atoms with Gasteiger partial charge < -0.3 is 0 Å². The highest BCUT2D eigenvalue weighted by molar-refractivity contribution is 6.66. The molecule has 2 aromatic rings. The van der Waals surface area contributed by atoms with E-state index in [4.69, 9.17) is 11.6 Å². The lowest BCUT2D eigenvalue weighted by molar-refractivity contribution is -0.137. The molecule has 0 heterocycles. The van der Waals surface area contributed by atoms with Crippen molar-refractivity contribution in [2.75, 3.05) is 10.4 Å². The van der Waals surface area contributed by atoms with Crippen LogP contribution in [-0.2, 0) is 6.18 Å². The maximum Gasteiger partial charge on any atom is 0.416 e. The first-order valence-corrected chi connectivity index (χ1v) is 6.24. The molecule has 2 rings (SSSR count). The van der Waals surface area contributed by atoms with Gasteiger partial charge in [0.15, 0.2) is 0 Å². The third kappa shape index (κ3) is 3.88. The number of anilines is 2. The number of hydrazine groups is 1. The molecule has 0 saturated carbocycles. The number of nitrogens with one attached hydrogen (secondary N) is 1. The van der Waals surface area contributed by atoms with Gasteiger partial charge in [0.05, 0.1) is 16.9 Å².